The Morgan fingerprint density at radius 1 is 1.05 bits per heavy atom. The number of nitrogens with zero attached hydrogens (tertiary/aromatic N) is 3. The molecule has 0 atom stereocenters. The fourth-order valence-corrected chi connectivity index (χ4v) is 7.22. The van der Waals surface area contributed by atoms with Crippen LogP contribution < -0.4 is 10.1 Å². The smallest absolute Gasteiger partial charge is 0.227 e. The summed E-state index contributed by atoms with van der Waals surface area (Å²) in [5.41, 5.74) is 3.73. The van der Waals surface area contributed by atoms with E-state index in [0.29, 0.717) is 28.5 Å². The molecule has 1 aliphatic carbocycles. The predicted octanol–water partition coefficient (Wildman–Crippen LogP) is 7.28. The Bertz CT molecular complexity index is 1640. The summed E-state index contributed by atoms with van der Waals surface area (Å²) in [5, 5.41) is 8.16. The minimum atomic E-state index is -3.16. The molecule has 11 heteroatoms. The van der Waals surface area contributed by atoms with Gasteiger partial charge in [0.2, 0.25) is 5.95 Å². The van der Waals surface area contributed by atoms with Gasteiger partial charge in [0.15, 0.2) is 23.9 Å². The summed E-state index contributed by atoms with van der Waals surface area (Å²) in [6.45, 7) is 11.4. The minimum Gasteiger partial charge on any atom is -0.487 e. The molecule has 0 unspecified atom stereocenters. The molecular weight excluding hydrogens is 569 g/mol. The zero-order valence-electron chi connectivity index (χ0n) is 25.2. The second-order valence-electron chi connectivity index (χ2n) is 12.8. The van der Waals surface area contributed by atoms with E-state index in [-0.39, 0.29) is 23.0 Å². The fraction of sp³-hybridized carbons (Fsp3) is 0.452. The fourth-order valence-electron chi connectivity index (χ4n) is 5.01. The van der Waals surface area contributed by atoms with Crippen molar-refractivity contribution in [3.05, 3.63) is 60.6 Å². The van der Waals surface area contributed by atoms with Gasteiger partial charge in [0, 0.05) is 40.8 Å². The SMILES string of the molecule is CC(C)(C)[Si](C)(C)OC1CCC(Oc2c(-c3cnoc3)ccc3cnc(Nc4cccc(CS(C)(=O)=O)c4)nc23)CC1. The van der Waals surface area contributed by atoms with Gasteiger partial charge in [-0.05, 0) is 67.6 Å². The van der Waals surface area contributed by atoms with Crippen LogP contribution in [-0.4, -0.2) is 50.3 Å². The van der Waals surface area contributed by atoms with Crippen LogP contribution in [0.4, 0.5) is 11.6 Å². The molecule has 2 aromatic carbocycles. The Morgan fingerprint density at radius 3 is 2.45 bits per heavy atom. The summed E-state index contributed by atoms with van der Waals surface area (Å²) >= 11 is 0. The number of ether oxygens (including phenoxy) is 1. The Morgan fingerprint density at radius 2 is 1.79 bits per heavy atom. The van der Waals surface area contributed by atoms with Crippen molar-refractivity contribution >= 4 is 40.7 Å². The minimum absolute atomic E-state index is 0.0209. The van der Waals surface area contributed by atoms with E-state index in [9.17, 15) is 8.42 Å². The van der Waals surface area contributed by atoms with E-state index >= 15 is 0 Å². The zero-order chi connectivity index (χ0) is 30.1. The summed E-state index contributed by atoms with van der Waals surface area (Å²) < 4.78 is 42.2. The third kappa shape index (κ3) is 7.19. The molecule has 0 amide bonds. The number of hydrogen-bond acceptors (Lipinski definition) is 9. The van der Waals surface area contributed by atoms with E-state index in [2.05, 4.69) is 49.3 Å². The molecule has 2 heterocycles. The molecule has 2 aromatic heterocycles. The molecule has 42 heavy (non-hydrogen) atoms. The number of fused-ring (bicyclic) bond motifs is 1. The van der Waals surface area contributed by atoms with Crippen molar-refractivity contribution in [3.63, 3.8) is 0 Å². The van der Waals surface area contributed by atoms with Gasteiger partial charge in [0.25, 0.3) is 0 Å². The Labute approximate surface area is 249 Å². The molecule has 1 N–H and O–H groups in total. The average Bonchev–Trinajstić information content (AvgIpc) is 3.43. The molecule has 224 valence electrons. The van der Waals surface area contributed by atoms with Crippen LogP contribution in [0.2, 0.25) is 18.1 Å². The summed E-state index contributed by atoms with van der Waals surface area (Å²) in [4.78, 5) is 9.38. The maximum absolute atomic E-state index is 11.8. The van der Waals surface area contributed by atoms with Crippen molar-refractivity contribution in [3.8, 4) is 16.9 Å². The lowest BCUT2D eigenvalue weighted by Crippen LogP contribution is -2.45. The van der Waals surface area contributed by atoms with Crippen LogP contribution in [0.25, 0.3) is 22.0 Å². The molecular formula is C31H40N4O5SSi. The molecule has 1 saturated carbocycles. The largest absolute Gasteiger partial charge is 0.487 e. The lowest BCUT2D eigenvalue weighted by Gasteiger charge is -2.41. The maximum atomic E-state index is 11.8. The Kier molecular flexibility index (Phi) is 8.46. The number of anilines is 2. The van der Waals surface area contributed by atoms with E-state index in [4.69, 9.17) is 18.7 Å². The van der Waals surface area contributed by atoms with Gasteiger partial charge in [0.05, 0.1) is 18.1 Å². The molecule has 0 bridgehead atoms. The van der Waals surface area contributed by atoms with Gasteiger partial charge in [-0.25, -0.2) is 18.4 Å². The lowest BCUT2D eigenvalue weighted by atomic mass is 9.95. The third-order valence-electron chi connectivity index (χ3n) is 8.23. The molecule has 5 rings (SSSR count). The van der Waals surface area contributed by atoms with Gasteiger partial charge in [-0.3, -0.25) is 0 Å². The van der Waals surface area contributed by atoms with Crippen LogP contribution in [0.5, 0.6) is 5.75 Å². The quantitative estimate of drug-likeness (QED) is 0.196. The van der Waals surface area contributed by atoms with Gasteiger partial charge in [-0.2, -0.15) is 0 Å². The topological polar surface area (TPSA) is 116 Å². The summed E-state index contributed by atoms with van der Waals surface area (Å²) in [6, 6.07) is 11.2. The predicted molar refractivity (Wildman–Crippen MR) is 168 cm³/mol. The van der Waals surface area contributed by atoms with Gasteiger partial charge in [-0.1, -0.05) is 44.1 Å². The molecule has 0 saturated heterocycles. The first-order chi connectivity index (χ1) is 19.8. The molecule has 1 aliphatic rings. The first-order valence-corrected chi connectivity index (χ1v) is 19.3. The van der Waals surface area contributed by atoms with Gasteiger partial charge in [0.1, 0.15) is 11.8 Å². The van der Waals surface area contributed by atoms with Gasteiger partial charge in [-0.15, -0.1) is 0 Å². The second-order valence-corrected chi connectivity index (χ2v) is 19.7. The van der Waals surface area contributed by atoms with E-state index in [1.54, 1.807) is 30.8 Å². The number of benzene rings is 2. The summed E-state index contributed by atoms with van der Waals surface area (Å²) in [7, 11) is -4.99. The highest BCUT2D eigenvalue weighted by Gasteiger charge is 2.40. The number of nitrogens with one attached hydrogen (secondary N) is 1. The van der Waals surface area contributed by atoms with Gasteiger partial charge >= 0.3 is 0 Å². The Hall–Kier alpha value is -3.28. The highest BCUT2D eigenvalue weighted by atomic mass is 32.2. The van der Waals surface area contributed by atoms with Crippen LogP contribution in [0.3, 0.4) is 0 Å². The highest BCUT2D eigenvalue weighted by molar-refractivity contribution is 7.89. The zero-order valence-corrected chi connectivity index (χ0v) is 27.0. The van der Waals surface area contributed by atoms with Crippen molar-refractivity contribution in [2.24, 2.45) is 0 Å². The molecule has 0 spiro atoms. The van der Waals surface area contributed by atoms with Crippen LogP contribution in [0.15, 0.2) is 59.6 Å². The second kappa shape index (κ2) is 11.8. The number of aromatic nitrogens is 3. The average molecular weight is 609 g/mol. The maximum Gasteiger partial charge on any atom is 0.227 e. The first kappa shape index (κ1) is 30.2. The van der Waals surface area contributed by atoms with Crippen molar-refractivity contribution in [2.75, 3.05) is 11.6 Å². The molecule has 4 aromatic rings. The number of sulfone groups is 1. The number of rotatable bonds is 9. The van der Waals surface area contributed by atoms with E-state index in [1.165, 1.54) is 6.26 Å². The van der Waals surface area contributed by atoms with Crippen molar-refractivity contribution in [1.82, 2.24) is 15.1 Å². The first-order valence-electron chi connectivity index (χ1n) is 14.4. The van der Waals surface area contributed by atoms with Gasteiger partial charge < -0.3 is 19.0 Å². The van der Waals surface area contributed by atoms with E-state index in [0.717, 1.165) is 42.2 Å². The van der Waals surface area contributed by atoms with Crippen LogP contribution in [0.1, 0.15) is 52.0 Å². The molecule has 0 radical (unpaired) electrons. The van der Waals surface area contributed by atoms with Crippen molar-refractivity contribution < 1.29 is 22.1 Å². The third-order valence-corrected chi connectivity index (χ3v) is 13.6. The van der Waals surface area contributed by atoms with E-state index in [1.807, 2.05) is 24.3 Å². The Balaban J connectivity index is 1.41. The molecule has 9 nitrogen and oxygen atoms in total. The molecule has 0 aliphatic heterocycles. The van der Waals surface area contributed by atoms with Crippen molar-refractivity contribution in [2.45, 2.75) is 82.5 Å². The van der Waals surface area contributed by atoms with Crippen LogP contribution in [0, 0.1) is 0 Å². The van der Waals surface area contributed by atoms with Crippen LogP contribution >= 0.6 is 0 Å². The van der Waals surface area contributed by atoms with E-state index < -0.39 is 18.2 Å². The van der Waals surface area contributed by atoms with Crippen molar-refractivity contribution in [1.29, 1.82) is 0 Å². The molecule has 1 fully saturated rings. The number of hydrogen-bond donors (Lipinski definition) is 1. The monoisotopic (exact) mass is 608 g/mol. The standard InChI is InChI=1S/C31H40N4O5SSi/c1-31(2,3)42(5,6)40-26-13-11-25(12-14-26)39-29-27(23-18-33-38-19-23)15-10-22-17-32-30(35-28(22)29)34-24-9-7-8-21(16-24)20-41(4,36)37/h7-10,15-19,25-26H,11-14,20H2,1-6H3,(H,32,34,35). The lowest BCUT2D eigenvalue weighted by molar-refractivity contribution is 0.0735. The van der Waals surface area contributed by atoms with Crippen LogP contribution in [-0.2, 0) is 20.0 Å². The summed E-state index contributed by atoms with van der Waals surface area (Å²) in [6.07, 6.45) is 10.2. The normalized spacial score (nSPS) is 18.2. The summed E-state index contributed by atoms with van der Waals surface area (Å²) in [5.74, 6) is 1.02. The highest BCUT2D eigenvalue weighted by Crippen LogP contribution is 2.41.